The van der Waals surface area contributed by atoms with Crippen molar-refractivity contribution in [2.24, 2.45) is 5.41 Å². The van der Waals surface area contributed by atoms with Crippen LogP contribution in [-0.2, 0) is 4.79 Å². The second kappa shape index (κ2) is 6.10. The number of carboxylic acids is 1. The van der Waals surface area contributed by atoms with E-state index in [2.05, 4.69) is 0 Å². The van der Waals surface area contributed by atoms with E-state index in [0.29, 0.717) is 24.9 Å². The lowest BCUT2D eigenvalue weighted by Crippen LogP contribution is -2.48. The molecular formula is C16H21F2NO2. The standard InChI is InChI=1S/C16H21F2NO2/c1-3-16(15(20)21)5-4-6-19(10-16)11(2)12-7-13(17)9-14(18)8-12/h7-9,11H,3-6,10H2,1-2H3,(H,20,21). The summed E-state index contributed by atoms with van der Waals surface area (Å²) in [6, 6.07) is 3.27. The third-order valence-corrected chi connectivity index (χ3v) is 4.65. The fourth-order valence-electron chi connectivity index (χ4n) is 3.14. The monoisotopic (exact) mass is 297 g/mol. The van der Waals surface area contributed by atoms with Gasteiger partial charge in [-0.1, -0.05) is 6.92 Å². The summed E-state index contributed by atoms with van der Waals surface area (Å²) in [6.07, 6.45) is 1.99. The van der Waals surface area contributed by atoms with Gasteiger partial charge in [-0.3, -0.25) is 9.69 Å². The van der Waals surface area contributed by atoms with E-state index >= 15 is 0 Å². The van der Waals surface area contributed by atoms with Gasteiger partial charge in [0.25, 0.3) is 0 Å². The van der Waals surface area contributed by atoms with Gasteiger partial charge in [0, 0.05) is 18.7 Å². The molecule has 0 aromatic heterocycles. The Hall–Kier alpha value is -1.49. The quantitative estimate of drug-likeness (QED) is 0.923. The SMILES string of the molecule is CCC1(C(=O)O)CCCN(C(C)c2cc(F)cc(F)c2)C1. The van der Waals surface area contributed by atoms with Crippen molar-refractivity contribution in [2.45, 2.75) is 39.2 Å². The first-order chi connectivity index (χ1) is 9.88. The summed E-state index contributed by atoms with van der Waals surface area (Å²) in [5, 5.41) is 9.50. The van der Waals surface area contributed by atoms with Gasteiger partial charge >= 0.3 is 5.97 Å². The highest BCUT2D eigenvalue weighted by atomic mass is 19.1. The van der Waals surface area contributed by atoms with Crippen LogP contribution in [0.1, 0.15) is 44.7 Å². The first-order valence-corrected chi connectivity index (χ1v) is 7.31. The zero-order valence-corrected chi connectivity index (χ0v) is 12.4. The number of aliphatic carboxylic acids is 1. The van der Waals surface area contributed by atoms with Crippen molar-refractivity contribution in [1.29, 1.82) is 0 Å². The van der Waals surface area contributed by atoms with E-state index in [-0.39, 0.29) is 6.04 Å². The van der Waals surface area contributed by atoms with Crippen LogP contribution < -0.4 is 0 Å². The Morgan fingerprint density at radius 3 is 2.52 bits per heavy atom. The normalized spacial score (nSPS) is 24.8. The van der Waals surface area contributed by atoms with Crippen molar-refractivity contribution in [2.75, 3.05) is 13.1 Å². The first kappa shape index (κ1) is 15.9. The summed E-state index contributed by atoms with van der Waals surface area (Å²) in [4.78, 5) is 13.6. The molecule has 0 radical (unpaired) electrons. The van der Waals surface area contributed by atoms with E-state index < -0.39 is 23.0 Å². The average molecular weight is 297 g/mol. The van der Waals surface area contributed by atoms with E-state index in [0.717, 1.165) is 19.0 Å². The fourth-order valence-corrected chi connectivity index (χ4v) is 3.14. The number of benzene rings is 1. The number of carbonyl (C=O) groups is 1. The number of halogens is 2. The Bertz CT molecular complexity index is 515. The molecule has 0 spiro atoms. The number of hydrogen-bond acceptors (Lipinski definition) is 2. The molecule has 0 aliphatic carbocycles. The third-order valence-electron chi connectivity index (χ3n) is 4.65. The topological polar surface area (TPSA) is 40.5 Å². The molecule has 1 aromatic rings. The molecule has 0 saturated carbocycles. The second-order valence-electron chi connectivity index (χ2n) is 5.89. The van der Waals surface area contributed by atoms with Crippen LogP contribution in [0, 0.1) is 17.0 Å². The number of nitrogens with zero attached hydrogens (tertiary/aromatic N) is 1. The maximum absolute atomic E-state index is 13.3. The highest BCUT2D eigenvalue weighted by Gasteiger charge is 2.41. The van der Waals surface area contributed by atoms with Crippen LogP contribution in [0.5, 0.6) is 0 Å². The molecule has 1 aliphatic heterocycles. The number of likely N-dealkylation sites (tertiary alicyclic amines) is 1. The van der Waals surface area contributed by atoms with Crippen molar-refractivity contribution in [3.63, 3.8) is 0 Å². The van der Waals surface area contributed by atoms with E-state index in [1.165, 1.54) is 12.1 Å². The van der Waals surface area contributed by atoms with Crippen LogP contribution in [0.3, 0.4) is 0 Å². The predicted octanol–water partition coefficient (Wildman–Crippen LogP) is 3.60. The van der Waals surface area contributed by atoms with Gasteiger partial charge in [0.2, 0.25) is 0 Å². The smallest absolute Gasteiger partial charge is 0.310 e. The van der Waals surface area contributed by atoms with Gasteiger partial charge in [0.05, 0.1) is 5.41 Å². The molecule has 2 unspecified atom stereocenters. The van der Waals surface area contributed by atoms with Crippen molar-refractivity contribution in [3.8, 4) is 0 Å². The summed E-state index contributed by atoms with van der Waals surface area (Å²) in [5.41, 5.74) is -0.206. The van der Waals surface area contributed by atoms with Crippen molar-refractivity contribution in [1.82, 2.24) is 4.90 Å². The molecule has 2 atom stereocenters. The van der Waals surface area contributed by atoms with E-state index in [4.69, 9.17) is 0 Å². The van der Waals surface area contributed by atoms with Crippen molar-refractivity contribution in [3.05, 3.63) is 35.4 Å². The molecule has 1 N–H and O–H groups in total. The number of carboxylic acid groups (broad SMARTS) is 1. The molecule has 3 nitrogen and oxygen atoms in total. The van der Waals surface area contributed by atoms with Gasteiger partial charge in [0.15, 0.2) is 0 Å². The number of rotatable bonds is 4. The minimum atomic E-state index is -0.785. The van der Waals surface area contributed by atoms with Crippen LogP contribution in [-0.4, -0.2) is 29.1 Å². The maximum Gasteiger partial charge on any atom is 0.310 e. The van der Waals surface area contributed by atoms with Gasteiger partial charge in [-0.2, -0.15) is 0 Å². The summed E-state index contributed by atoms with van der Waals surface area (Å²) in [5.74, 6) is -1.99. The lowest BCUT2D eigenvalue weighted by molar-refractivity contribution is -0.153. The van der Waals surface area contributed by atoms with Gasteiger partial charge in [-0.05, 0) is 50.4 Å². The van der Waals surface area contributed by atoms with Crippen LogP contribution in [0.2, 0.25) is 0 Å². The maximum atomic E-state index is 13.3. The number of piperidine rings is 1. The Balaban J connectivity index is 2.22. The molecule has 1 aromatic carbocycles. The Morgan fingerprint density at radius 2 is 2.00 bits per heavy atom. The third kappa shape index (κ3) is 3.23. The Kier molecular flexibility index (Phi) is 4.61. The van der Waals surface area contributed by atoms with Crippen LogP contribution >= 0.6 is 0 Å². The highest BCUT2D eigenvalue weighted by molar-refractivity contribution is 5.75. The summed E-state index contributed by atoms with van der Waals surface area (Å²) < 4.78 is 26.7. The van der Waals surface area contributed by atoms with Crippen LogP contribution in [0.25, 0.3) is 0 Å². The largest absolute Gasteiger partial charge is 0.481 e. The molecule has 21 heavy (non-hydrogen) atoms. The first-order valence-electron chi connectivity index (χ1n) is 7.31. The molecule has 1 aliphatic rings. The summed E-state index contributed by atoms with van der Waals surface area (Å²) in [6.45, 7) is 4.90. The highest BCUT2D eigenvalue weighted by Crippen LogP contribution is 2.37. The van der Waals surface area contributed by atoms with E-state index in [9.17, 15) is 18.7 Å². The minimum Gasteiger partial charge on any atom is -0.481 e. The predicted molar refractivity (Wildman–Crippen MR) is 75.9 cm³/mol. The fraction of sp³-hybridized carbons (Fsp3) is 0.562. The van der Waals surface area contributed by atoms with Crippen LogP contribution in [0.4, 0.5) is 8.78 Å². The zero-order valence-electron chi connectivity index (χ0n) is 12.4. The Morgan fingerprint density at radius 1 is 1.38 bits per heavy atom. The molecule has 1 saturated heterocycles. The minimum absolute atomic E-state index is 0.208. The number of hydrogen-bond donors (Lipinski definition) is 1. The molecule has 1 heterocycles. The van der Waals surface area contributed by atoms with Gasteiger partial charge < -0.3 is 5.11 Å². The molecular weight excluding hydrogens is 276 g/mol. The van der Waals surface area contributed by atoms with Crippen LogP contribution in [0.15, 0.2) is 18.2 Å². The molecule has 0 amide bonds. The summed E-state index contributed by atoms with van der Waals surface area (Å²) in [7, 11) is 0. The molecule has 0 bridgehead atoms. The Labute approximate surface area is 123 Å². The van der Waals surface area contributed by atoms with Crippen molar-refractivity contribution < 1.29 is 18.7 Å². The van der Waals surface area contributed by atoms with Gasteiger partial charge in [0.1, 0.15) is 11.6 Å². The second-order valence-corrected chi connectivity index (χ2v) is 5.89. The summed E-state index contributed by atoms with van der Waals surface area (Å²) >= 11 is 0. The molecule has 2 rings (SSSR count). The van der Waals surface area contributed by atoms with E-state index in [1.54, 1.807) is 0 Å². The lowest BCUT2D eigenvalue weighted by atomic mass is 9.77. The average Bonchev–Trinajstić information content (AvgIpc) is 2.45. The van der Waals surface area contributed by atoms with E-state index in [1.807, 2.05) is 18.7 Å². The molecule has 5 heteroatoms. The van der Waals surface area contributed by atoms with Crippen molar-refractivity contribution >= 4 is 5.97 Å². The van der Waals surface area contributed by atoms with Gasteiger partial charge in [-0.15, -0.1) is 0 Å². The molecule has 116 valence electrons. The lowest BCUT2D eigenvalue weighted by Gasteiger charge is -2.42. The molecule has 1 fully saturated rings. The van der Waals surface area contributed by atoms with Gasteiger partial charge in [-0.25, -0.2) is 8.78 Å². The zero-order chi connectivity index (χ0) is 15.6.